The average Bonchev–Trinajstić information content (AvgIpc) is 2.74. The largest absolute Gasteiger partial charge is 0.503 e. The van der Waals surface area contributed by atoms with Gasteiger partial charge in [0.15, 0.2) is 11.4 Å². The lowest BCUT2D eigenvalue weighted by atomic mass is 9.85. The highest BCUT2D eigenvalue weighted by atomic mass is 19.1. The fourth-order valence-electron chi connectivity index (χ4n) is 4.14. The normalized spacial score (nSPS) is 17.5. The second-order valence-corrected chi connectivity index (χ2v) is 7.82. The van der Waals surface area contributed by atoms with Crippen molar-refractivity contribution >= 4 is 11.8 Å². The molecule has 0 radical (unpaired) electrons. The molecule has 1 saturated heterocycles. The van der Waals surface area contributed by atoms with Crippen molar-refractivity contribution in [2.75, 3.05) is 20.3 Å². The van der Waals surface area contributed by atoms with Gasteiger partial charge in [0, 0.05) is 51.2 Å². The summed E-state index contributed by atoms with van der Waals surface area (Å²) in [6.07, 6.45) is 2.40. The molecular formula is C21H21F2N3O5. The summed E-state index contributed by atoms with van der Waals surface area (Å²) in [4.78, 5) is 39.6. The predicted molar refractivity (Wildman–Crippen MR) is 105 cm³/mol. The van der Waals surface area contributed by atoms with Crippen LogP contribution in [0, 0.1) is 11.6 Å². The zero-order valence-corrected chi connectivity index (χ0v) is 16.8. The smallest absolute Gasteiger partial charge is 0.274 e. The number of rotatable bonds is 3. The molecule has 0 unspecified atom stereocenters. The molecule has 1 aromatic carbocycles. The summed E-state index contributed by atoms with van der Waals surface area (Å²) in [5.41, 5.74) is -2.05. The molecular weight excluding hydrogens is 412 g/mol. The van der Waals surface area contributed by atoms with Crippen LogP contribution in [0.25, 0.3) is 0 Å². The number of aromatic hydroxyl groups is 1. The highest BCUT2D eigenvalue weighted by Gasteiger charge is 2.45. The zero-order chi connectivity index (χ0) is 22.3. The van der Waals surface area contributed by atoms with E-state index in [-0.39, 0.29) is 29.9 Å². The lowest BCUT2D eigenvalue weighted by molar-refractivity contribution is -0.0267. The molecule has 2 amide bonds. The number of benzene rings is 1. The van der Waals surface area contributed by atoms with E-state index in [9.17, 15) is 28.3 Å². The molecule has 8 nitrogen and oxygen atoms in total. The molecule has 164 valence electrons. The van der Waals surface area contributed by atoms with Crippen molar-refractivity contribution in [1.29, 1.82) is 0 Å². The molecule has 2 N–H and O–H groups in total. The Kier molecular flexibility index (Phi) is 5.26. The van der Waals surface area contributed by atoms with E-state index in [1.807, 2.05) is 0 Å². The van der Waals surface area contributed by atoms with E-state index < -0.39 is 40.2 Å². The van der Waals surface area contributed by atoms with Gasteiger partial charge >= 0.3 is 0 Å². The number of nitrogens with one attached hydrogen (secondary N) is 1. The molecule has 4 rings (SSSR count). The summed E-state index contributed by atoms with van der Waals surface area (Å²) in [6, 6.07) is 2.93. The molecule has 2 aliphatic heterocycles. The maximum atomic E-state index is 13.8. The lowest BCUT2D eigenvalue weighted by Crippen LogP contribution is -2.59. The molecule has 0 atom stereocenters. The van der Waals surface area contributed by atoms with E-state index in [1.54, 1.807) is 7.05 Å². The van der Waals surface area contributed by atoms with Crippen molar-refractivity contribution in [3.8, 4) is 5.75 Å². The maximum Gasteiger partial charge on any atom is 0.274 e. The molecule has 0 aliphatic carbocycles. The van der Waals surface area contributed by atoms with Crippen LogP contribution in [0.3, 0.4) is 0 Å². The Morgan fingerprint density at radius 3 is 2.65 bits per heavy atom. The van der Waals surface area contributed by atoms with Gasteiger partial charge in [-0.25, -0.2) is 8.78 Å². The first kappa shape index (κ1) is 21.0. The molecule has 2 aromatic rings. The molecule has 2 aliphatic rings. The van der Waals surface area contributed by atoms with Gasteiger partial charge in [-0.05, 0) is 18.9 Å². The summed E-state index contributed by atoms with van der Waals surface area (Å²) in [5.74, 6) is -3.74. The fourth-order valence-corrected chi connectivity index (χ4v) is 4.14. The van der Waals surface area contributed by atoms with Gasteiger partial charge in [0.1, 0.15) is 17.2 Å². The minimum absolute atomic E-state index is 0.0370. The van der Waals surface area contributed by atoms with Gasteiger partial charge in [0.25, 0.3) is 11.8 Å². The second-order valence-electron chi connectivity index (χ2n) is 7.82. The topological polar surface area (TPSA) is 101 Å². The monoisotopic (exact) mass is 433 g/mol. The van der Waals surface area contributed by atoms with Crippen molar-refractivity contribution in [3.05, 3.63) is 63.1 Å². The Balaban J connectivity index is 1.65. The van der Waals surface area contributed by atoms with Gasteiger partial charge in [-0.3, -0.25) is 14.4 Å². The summed E-state index contributed by atoms with van der Waals surface area (Å²) < 4.78 is 33.7. The fraction of sp³-hybridized carbons (Fsp3) is 0.381. The number of hydrogen-bond acceptors (Lipinski definition) is 5. The Hall–Kier alpha value is -3.27. The van der Waals surface area contributed by atoms with Crippen molar-refractivity contribution in [3.63, 3.8) is 0 Å². The number of amides is 2. The summed E-state index contributed by atoms with van der Waals surface area (Å²) >= 11 is 0. The highest BCUT2D eigenvalue weighted by Crippen LogP contribution is 2.35. The highest BCUT2D eigenvalue weighted by molar-refractivity contribution is 5.99. The van der Waals surface area contributed by atoms with E-state index in [0.29, 0.717) is 32.1 Å². The van der Waals surface area contributed by atoms with Gasteiger partial charge in [-0.1, -0.05) is 6.07 Å². The Morgan fingerprint density at radius 2 is 1.97 bits per heavy atom. The van der Waals surface area contributed by atoms with Crippen molar-refractivity contribution < 1.29 is 28.2 Å². The van der Waals surface area contributed by atoms with E-state index in [0.717, 1.165) is 6.07 Å². The molecule has 1 fully saturated rings. The Labute approximate surface area is 176 Å². The van der Waals surface area contributed by atoms with E-state index in [2.05, 4.69) is 5.32 Å². The molecule has 1 spiro atoms. The van der Waals surface area contributed by atoms with Crippen LogP contribution in [0.2, 0.25) is 0 Å². The Bertz CT molecular complexity index is 1120. The van der Waals surface area contributed by atoms with Crippen LogP contribution in [0.15, 0.2) is 29.2 Å². The predicted octanol–water partition coefficient (Wildman–Crippen LogP) is 1.40. The van der Waals surface area contributed by atoms with Crippen molar-refractivity contribution in [1.82, 2.24) is 14.8 Å². The first-order valence-electron chi connectivity index (χ1n) is 9.78. The van der Waals surface area contributed by atoms with E-state index >= 15 is 0 Å². The van der Waals surface area contributed by atoms with E-state index in [4.69, 9.17) is 4.74 Å². The minimum Gasteiger partial charge on any atom is -0.503 e. The number of aromatic nitrogens is 1. The molecule has 10 heteroatoms. The number of ether oxygens (including phenoxy) is 1. The third-order valence-corrected chi connectivity index (χ3v) is 6.06. The third kappa shape index (κ3) is 3.56. The molecule has 0 bridgehead atoms. The SMILES string of the molecule is CN1C(=O)c2c(O)c(=O)c(C(=O)NCc3ccc(F)cc3F)cn2CC12CCOCC2. The van der Waals surface area contributed by atoms with Gasteiger partial charge in [-0.15, -0.1) is 0 Å². The number of halogens is 2. The van der Waals surface area contributed by atoms with Crippen molar-refractivity contribution in [2.45, 2.75) is 31.5 Å². The first-order chi connectivity index (χ1) is 14.7. The molecule has 1 aromatic heterocycles. The standard InChI is InChI=1S/C21H21F2N3O5/c1-25-20(30)16-18(28)17(27)14(10-26(16)11-21(25)4-6-31-7-5-21)19(29)24-9-12-2-3-13(22)8-15(12)23/h2-3,8,10,28H,4-7,9,11H2,1H3,(H,24,29). The van der Waals surface area contributed by atoms with Crippen LogP contribution in [-0.4, -0.2) is 52.2 Å². The van der Waals surface area contributed by atoms with Gasteiger partial charge < -0.3 is 24.6 Å². The molecule has 3 heterocycles. The van der Waals surface area contributed by atoms with Gasteiger partial charge in [0.2, 0.25) is 5.43 Å². The number of fused-ring (bicyclic) bond motifs is 1. The maximum absolute atomic E-state index is 13.8. The summed E-state index contributed by atoms with van der Waals surface area (Å²) in [5, 5.41) is 12.8. The van der Waals surface area contributed by atoms with Crippen molar-refractivity contribution in [2.24, 2.45) is 0 Å². The number of carbonyl (C=O) groups is 2. The van der Waals surface area contributed by atoms with Gasteiger partial charge in [0.05, 0.1) is 5.54 Å². The zero-order valence-electron chi connectivity index (χ0n) is 16.8. The number of likely N-dealkylation sites (N-methyl/N-ethyl adjacent to an activating group) is 1. The third-order valence-electron chi connectivity index (χ3n) is 6.06. The van der Waals surface area contributed by atoms with E-state index in [1.165, 1.54) is 21.7 Å². The summed E-state index contributed by atoms with van der Waals surface area (Å²) in [7, 11) is 1.62. The summed E-state index contributed by atoms with van der Waals surface area (Å²) in [6.45, 7) is 0.940. The lowest BCUT2D eigenvalue weighted by Gasteiger charge is -2.48. The van der Waals surface area contributed by atoms with Crippen LogP contribution >= 0.6 is 0 Å². The minimum atomic E-state index is -0.993. The molecule has 31 heavy (non-hydrogen) atoms. The van der Waals surface area contributed by atoms with Crippen LogP contribution < -0.4 is 10.7 Å². The molecule has 0 saturated carbocycles. The quantitative estimate of drug-likeness (QED) is 0.762. The average molecular weight is 433 g/mol. The second kappa shape index (κ2) is 7.77. The number of pyridine rings is 1. The number of nitrogens with zero attached hydrogens (tertiary/aromatic N) is 2. The van der Waals surface area contributed by atoms with Crippen LogP contribution in [0.4, 0.5) is 8.78 Å². The van der Waals surface area contributed by atoms with Crippen LogP contribution in [0.5, 0.6) is 5.75 Å². The van der Waals surface area contributed by atoms with Gasteiger partial charge in [-0.2, -0.15) is 0 Å². The Morgan fingerprint density at radius 1 is 1.26 bits per heavy atom. The first-order valence-corrected chi connectivity index (χ1v) is 9.78. The van der Waals surface area contributed by atoms with Crippen LogP contribution in [-0.2, 0) is 17.8 Å². The number of carbonyl (C=O) groups excluding carboxylic acids is 2. The number of hydrogen-bond donors (Lipinski definition) is 2. The van der Waals surface area contributed by atoms with Crippen LogP contribution in [0.1, 0.15) is 39.3 Å².